The molecule has 0 spiro atoms. The topological polar surface area (TPSA) is 57.9 Å². The van der Waals surface area contributed by atoms with Crippen LogP contribution in [0.5, 0.6) is 0 Å². The molecule has 2 N–H and O–H groups in total. The summed E-state index contributed by atoms with van der Waals surface area (Å²) in [5.41, 5.74) is 2.26. The number of rotatable bonds is 8. The van der Waals surface area contributed by atoms with Crippen molar-refractivity contribution in [1.82, 2.24) is 9.47 Å². The van der Waals surface area contributed by atoms with Crippen LogP contribution in [0.2, 0.25) is 0 Å². The van der Waals surface area contributed by atoms with Crippen LogP contribution in [0, 0.1) is 0 Å². The Kier molecular flexibility index (Phi) is 5.71. The average Bonchev–Trinajstić information content (AvgIpc) is 2.89. The van der Waals surface area contributed by atoms with E-state index in [1.165, 1.54) is 10.8 Å². The van der Waals surface area contributed by atoms with Gasteiger partial charge in [-0.05, 0) is 19.2 Å². The van der Waals surface area contributed by atoms with Gasteiger partial charge in [0.15, 0.2) is 0 Å². The highest BCUT2D eigenvalue weighted by atomic mass is 16.5. The minimum Gasteiger partial charge on any atom is -0.390 e. The van der Waals surface area contributed by atoms with E-state index in [0.717, 1.165) is 11.0 Å². The molecule has 5 nitrogen and oxygen atoms in total. The first-order chi connectivity index (χ1) is 12.1. The van der Waals surface area contributed by atoms with Crippen LogP contribution in [0.15, 0.2) is 48.5 Å². The summed E-state index contributed by atoms with van der Waals surface area (Å²) in [6, 6.07) is 16.6. The Morgan fingerprint density at radius 3 is 2.00 bits per heavy atom. The number of hydrogen-bond acceptors (Lipinski definition) is 4. The zero-order chi connectivity index (χ0) is 17.8. The van der Waals surface area contributed by atoms with Gasteiger partial charge < -0.3 is 24.4 Å². The number of hydrogen-bond donors (Lipinski definition) is 2. The van der Waals surface area contributed by atoms with E-state index in [4.69, 9.17) is 4.74 Å². The van der Waals surface area contributed by atoms with Crippen LogP contribution in [0.1, 0.15) is 0 Å². The molecule has 1 aromatic heterocycles. The third-order valence-corrected chi connectivity index (χ3v) is 4.48. The second-order valence-corrected chi connectivity index (χ2v) is 6.63. The van der Waals surface area contributed by atoms with Gasteiger partial charge in [0.1, 0.15) is 0 Å². The molecule has 2 unspecified atom stereocenters. The normalized spacial score (nSPS) is 14.4. The van der Waals surface area contributed by atoms with E-state index in [0.29, 0.717) is 26.2 Å². The van der Waals surface area contributed by atoms with Gasteiger partial charge in [0.25, 0.3) is 0 Å². The van der Waals surface area contributed by atoms with E-state index >= 15 is 0 Å². The highest BCUT2D eigenvalue weighted by Crippen LogP contribution is 2.28. The van der Waals surface area contributed by atoms with Gasteiger partial charge in [0, 0.05) is 42.0 Å². The molecule has 2 aromatic carbocycles. The molecule has 0 aliphatic carbocycles. The number of methoxy groups -OCH3 is 1. The lowest BCUT2D eigenvalue weighted by molar-refractivity contribution is 0.0302. The minimum absolute atomic E-state index is 0.299. The molecule has 0 radical (unpaired) electrons. The third-order valence-electron chi connectivity index (χ3n) is 4.48. The molecule has 0 fully saturated rings. The van der Waals surface area contributed by atoms with Crippen molar-refractivity contribution in [3.05, 3.63) is 48.5 Å². The van der Waals surface area contributed by atoms with E-state index in [2.05, 4.69) is 28.8 Å². The van der Waals surface area contributed by atoms with Gasteiger partial charge in [0.2, 0.25) is 0 Å². The van der Waals surface area contributed by atoms with Crippen LogP contribution < -0.4 is 0 Å². The van der Waals surface area contributed by atoms with Gasteiger partial charge in [-0.2, -0.15) is 0 Å². The summed E-state index contributed by atoms with van der Waals surface area (Å²) in [6.45, 7) is 1.77. The van der Waals surface area contributed by atoms with Crippen LogP contribution in [-0.4, -0.2) is 65.7 Å². The molecule has 25 heavy (non-hydrogen) atoms. The Hall–Kier alpha value is -1.92. The second-order valence-electron chi connectivity index (χ2n) is 6.63. The lowest BCUT2D eigenvalue weighted by Gasteiger charge is -2.23. The van der Waals surface area contributed by atoms with Crippen molar-refractivity contribution in [3.8, 4) is 0 Å². The Bertz CT molecular complexity index is 777. The standard InChI is InChI=1S/C20H26N2O3/c1-21(12-16(24)14-25-2)11-15(23)13-22-19-9-5-3-7-17(19)18-8-4-6-10-20(18)22/h3-10,15-16,23-24H,11-14H2,1-2H3. The SMILES string of the molecule is COCC(O)CN(C)CC(O)Cn1c2ccccc2c2ccccc21. The first-order valence-electron chi connectivity index (χ1n) is 8.59. The zero-order valence-corrected chi connectivity index (χ0v) is 14.8. The number of ether oxygens (including phenoxy) is 1. The fraction of sp³-hybridized carbons (Fsp3) is 0.400. The highest BCUT2D eigenvalue weighted by Gasteiger charge is 2.16. The van der Waals surface area contributed by atoms with Gasteiger partial charge in [-0.15, -0.1) is 0 Å². The van der Waals surface area contributed by atoms with Crippen molar-refractivity contribution in [2.24, 2.45) is 0 Å². The maximum atomic E-state index is 10.6. The number of nitrogens with zero attached hydrogens (tertiary/aromatic N) is 2. The van der Waals surface area contributed by atoms with Gasteiger partial charge in [-0.3, -0.25) is 0 Å². The molecule has 0 bridgehead atoms. The predicted molar refractivity (Wildman–Crippen MR) is 101 cm³/mol. The molecule has 2 atom stereocenters. The summed E-state index contributed by atoms with van der Waals surface area (Å²) in [5, 5.41) is 22.8. The first kappa shape index (κ1) is 17.9. The first-order valence-corrected chi connectivity index (χ1v) is 8.59. The summed E-state index contributed by atoms with van der Waals surface area (Å²) in [7, 11) is 3.47. The van der Waals surface area contributed by atoms with Crippen molar-refractivity contribution in [2.45, 2.75) is 18.8 Å². The number of likely N-dealkylation sites (N-methyl/N-ethyl adjacent to an activating group) is 1. The van der Waals surface area contributed by atoms with Crippen molar-refractivity contribution in [1.29, 1.82) is 0 Å². The quantitative estimate of drug-likeness (QED) is 0.658. The van der Waals surface area contributed by atoms with Crippen LogP contribution >= 0.6 is 0 Å². The van der Waals surface area contributed by atoms with Crippen molar-refractivity contribution in [2.75, 3.05) is 33.9 Å². The summed E-state index contributed by atoms with van der Waals surface area (Å²) in [4.78, 5) is 1.93. The van der Waals surface area contributed by atoms with Crippen LogP contribution in [0.4, 0.5) is 0 Å². The number of aliphatic hydroxyl groups excluding tert-OH is 2. The Morgan fingerprint density at radius 1 is 0.920 bits per heavy atom. The fourth-order valence-corrected chi connectivity index (χ4v) is 3.51. The summed E-state index contributed by atoms with van der Waals surface area (Å²) >= 11 is 0. The van der Waals surface area contributed by atoms with Crippen molar-refractivity contribution < 1.29 is 14.9 Å². The lowest BCUT2D eigenvalue weighted by atomic mass is 10.2. The van der Waals surface area contributed by atoms with Gasteiger partial charge in [0.05, 0.1) is 25.4 Å². The lowest BCUT2D eigenvalue weighted by Crippen LogP contribution is -2.38. The monoisotopic (exact) mass is 342 g/mol. The van der Waals surface area contributed by atoms with E-state index in [9.17, 15) is 10.2 Å². The molecule has 134 valence electrons. The average molecular weight is 342 g/mol. The molecule has 1 heterocycles. The van der Waals surface area contributed by atoms with E-state index in [1.54, 1.807) is 7.11 Å². The fourth-order valence-electron chi connectivity index (χ4n) is 3.51. The number of para-hydroxylation sites is 2. The predicted octanol–water partition coefficient (Wildman–Crippen LogP) is 2.09. The van der Waals surface area contributed by atoms with Crippen LogP contribution in [-0.2, 0) is 11.3 Å². The molecular weight excluding hydrogens is 316 g/mol. The molecule has 5 heteroatoms. The second kappa shape index (κ2) is 7.97. The molecule has 0 amide bonds. The largest absolute Gasteiger partial charge is 0.390 e. The molecular formula is C20H26N2O3. The van der Waals surface area contributed by atoms with E-state index < -0.39 is 12.2 Å². The van der Waals surface area contributed by atoms with Gasteiger partial charge >= 0.3 is 0 Å². The van der Waals surface area contributed by atoms with Gasteiger partial charge in [-0.25, -0.2) is 0 Å². The number of benzene rings is 2. The third kappa shape index (κ3) is 4.02. The molecule has 0 saturated carbocycles. The summed E-state index contributed by atoms with van der Waals surface area (Å²) in [5.74, 6) is 0. The minimum atomic E-state index is -0.546. The molecule has 0 aliphatic rings. The van der Waals surface area contributed by atoms with E-state index in [-0.39, 0.29) is 0 Å². The van der Waals surface area contributed by atoms with Crippen LogP contribution in [0.25, 0.3) is 21.8 Å². The Balaban J connectivity index is 1.77. The van der Waals surface area contributed by atoms with Crippen LogP contribution in [0.3, 0.4) is 0 Å². The van der Waals surface area contributed by atoms with Gasteiger partial charge in [-0.1, -0.05) is 36.4 Å². The van der Waals surface area contributed by atoms with E-state index in [1.807, 2.05) is 36.2 Å². The highest BCUT2D eigenvalue weighted by molar-refractivity contribution is 6.07. The summed E-state index contributed by atoms with van der Waals surface area (Å²) in [6.07, 6.45) is -1.07. The number of aliphatic hydroxyl groups is 2. The van der Waals surface area contributed by atoms with Crippen molar-refractivity contribution in [3.63, 3.8) is 0 Å². The maximum absolute atomic E-state index is 10.6. The summed E-state index contributed by atoms with van der Waals surface area (Å²) < 4.78 is 7.12. The zero-order valence-electron chi connectivity index (χ0n) is 14.8. The maximum Gasteiger partial charge on any atom is 0.0899 e. The van der Waals surface area contributed by atoms with Crippen molar-refractivity contribution >= 4 is 21.8 Å². The molecule has 0 aliphatic heterocycles. The molecule has 3 rings (SSSR count). The number of aromatic nitrogens is 1. The molecule has 3 aromatic rings. The molecule has 0 saturated heterocycles. The number of fused-ring (bicyclic) bond motifs is 3. The Labute approximate surface area is 148 Å². The Morgan fingerprint density at radius 2 is 1.44 bits per heavy atom. The smallest absolute Gasteiger partial charge is 0.0899 e.